The zero-order valence-electron chi connectivity index (χ0n) is 22.7. The van der Waals surface area contributed by atoms with Crippen LogP contribution in [0.3, 0.4) is 0 Å². The molecule has 3 aromatic carbocycles. The van der Waals surface area contributed by atoms with Gasteiger partial charge in [-0.15, -0.1) is 0 Å². The SMILES string of the molecule is CCCCN(CC(=O)N(CCc1c[nH]c2ccccc12)Cc1ccc(OC)cc1)C(=O)Cc1ccc(F)cc1. The van der Waals surface area contributed by atoms with Gasteiger partial charge in [0.15, 0.2) is 0 Å². The predicted molar refractivity (Wildman–Crippen MR) is 152 cm³/mol. The van der Waals surface area contributed by atoms with Crippen LogP contribution < -0.4 is 4.74 Å². The summed E-state index contributed by atoms with van der Waals surface area (Å²) in [5.74, 6) is 0.180. The number of rotatable bonds is 13. The van der Waals surface area contributed by atoms with Crippen molar-refractivity contribution in [3.8, 4) is 5.75 Å². The Hall–Kier alpha value is -4.13. The minimum atomic E-state index is -0.339. The monoisotopic (exact) mass is 529 g/mol. The van der Waals surface area contributed by atoms with Crippen molar-refractivity contribution in [2.75, 3.05) is 26.7 Å². The Morgan fingerprint density at radius 1 is 0.872 bits per heavy atom. The number of ether oxygens (including phenoxy) is 1. The lowest BCUT2D eigenvalue weighted by Gasteiger charge is -2.28. The van der Waals surface area contributed by atoms with Gasteiger partial charge < -0.3 is 19.5 Å². The Bertz CT molecular complexity index is 1370. The number of unbranched alkanes of at least 4 members (excludes halogenated alkanes) is 1. The summed E-state index contributed by atoms with van der Waals surface area (Å²) in [6, 6.07) is 21.8. The quantitative estimate of drug-likeness (QED) is 0.240. The molecule has 0 fully saturated rings. The molecule has 6 nitrogen and oxygen atoms in total. The van der Waals surface area contributed by atoms with Crippen molar-refractivity contribution in [1.82, 2.24) is 14.8 Å². The predicted octanol–water partition coefficient (Wildman–Crippen LogP) is 5.76. The third-order valence-corrected chi connectivity index (χ3v) is 6.94. The number of carbonyl (C=O) groups is 2. The van der Waals surface area contributed by atoms with Crippen LogP contribution in [0.2, 0.25) is 0 Å². The molecule has 39 heavy (non-hydrogen) atoms. The van der Waals surface area contributed by atoms with Gasteiger partial charge in [-0.3, -0.25) is 9.59 Å². The molecule has 0 unspecified atom stereocenters. The van der Waals surface area contributed by atoms with Crippen LogP contribution in [0.1, 0.15) is 36.5 Å². The van der Waals surface area contributed by atoms with E-state index < -0.39 is 0 Å². The van der Waals surface area contributed by atoms with Crippen molar-refractivity contribution in [1.29, 1.82) is 0 Å². The van der Waals surface area contributed by atoms with Crippen LogP contribution >= 0.6 is 0 Å². The largest absolute Gasteiger partial charge is 0.497 e. The van der Waals surface area contributed by atoms with E-state index in [0.717, 1.165) is 46.2 Å². The van der Waals surface area contributed by atoms with E-state index >= 15 is 0 Å². The molecule has 1 heterocycles. The number of H-pyrrole nitrogens is 1. The fraction of sp³-hybridized carbons (Fsp3) is 0.312. The third kappa shape index (κ3) is 7.69. The molecule has 4 aromatic rings. The standard InChI is InChI=1S/C32H36FN3O3/c1-3-4-18-35(31(37)20-24-9-13-27(33)14-10-24)23-32(38)36(22-25-11-15-28(39-2)16-12-25)19-17-26-21-34-30-8-6-5-7-29(26)30/h5-16,21,34H,3-4,17-20,22-23H2,1-2H3. The number of halogens is 1. The Kier molecular flexibility index (Phi) is 9.73. The van der Waals surface area contributed by atoms with Gasteiger partial charge >= 0.3 is 0 Å². The number of hydrogen-bond acceptors (Lipinski definition) is 3. The Morgan fingerprint density at radius 3 is 2.31 bits per heavy atom. The van der Waals surface area contributed by atoms with E-state index in [1.807, 2.05) is 53.6 Å². The lowest BCUT2D eigenvalue weighted by atomic mass is 10.1. The molecule has 0 radical (unpaired) electrons. The van der Waals surface area contributed by atoms with Crippen LogP contribution in [0.15, 0.2) is 79.0 Å². The summed E-state index contributed by atoms with van der Waals surface area (Å²) in [7, 11) is 1.62. The molecular weight excluding hydrogens is 493 g/mol. The fourth-order valence-corrected chi connectivity index (χ4v) is 4.63. The highest BCUT2D eigenvalue weighted by Crippen LogP contribution is 2.20. The number of benzene rings is 3. The van der Waals surface area contributed by atoms with Gasteiger partial charge in [0.1, 0.15) is 11.6 Å². The van der Waals surface area contributed by atoms with Crippen molar-refractivity contribution in [2.24, 2.45) is 0 Å². The second kappa shape index (κ2) is 13.6. The number of methoxy groups -OCH3 is 1. The molecule has 0 aliphatic rings. The van der Waals surface area contributed by atoms with Crippen molar-refractivity contribution in [2.45, 2.75) is 39.2 Å². The van der Waals surface area contributed by atoms with Gasteiger partial charge in [0.05, 0.1) is 20.1 Å². The Labute approximate surface area is 229 Å². The van der Waals surface area contributed by atoms with Crippen LogP contribution in [0.25, 0.3) is 10.9 Å². The molecule has 204 valence electrons. The molecule has 0 aliphatic heterocycles. The Morgan fingerprint density at radius 2 is 1.59 bits per heavy atom. The Balaban J connectivity index is 1.50. The number of aromatic nitrogens is 1. The van der Waals surface area contributed by atoms with E-state index in [4.69, 9.17) is 4.74 Å². The van der Waals surface area contributed by atoms with E-state index in [1.165, 1.54) is 12.1 Å². The molecule has 0 aliphatic carbocycles. The topological polar surface area (TPSA) is 65.6 Å². The van der Waals surface area contributed by atoms with Crippen molar-refractivity contribution >= 4 is 22.7 Å². The maximum absolute atomic E-state index is 13.7. The van der Waals surface area contributed by atoms with Gasteiger partial charge in [-0.1, -0.05) is 55.8 Å². The third-order valence-electron chi connectivity index (χ3n) is 6.94. The van der Waals surface area contributed by atoms with Gasteiger partial charge in [0, 0.05) is 36.7 Å². The molecule has 0 saturated carbocycles. The van der Waals surface area contributed by atoms with Gasteiger partial charge in [-0.25, -0.2) is 4.39 Å². The number of nitrogens with one attached hydrogen (secondary N) is 1. The first-order chi connectivity index (χ1) is 19.0. The average Bonchev–Trinajstić information content (AvgIpc) is 3.37. The molecule has 0 saturated heterocycles. The highest BCUT2D eigenvalue weighted by atomic mass is 19.1. The molecule has 0 bridgehead atoms. The summed E-state index contributed by atoms with van der Waals surface area (Å²) < 4.78 is 18.6. The zero-order valence-corrected chi connectivity index (χ0v) is 22.7. The lowest BCUT2D eigenvalue weighted by Crippen LogP contribution is -2.44. The molecule has 1 aromatic heterocycles. The summed E-state index contributed by atoms with van der Waals surface area (Å²) in [4.78, 5) is 33.7. The maximum atomic E-state index is 13.7. The van der Waals surface area contributed by atoms with E-state index in [-0.39, 0.29) is 30.6 Å². The zero-order chi connectivity index (χ0) is 27.6. The molecule has 4 rings (SSSR count). The number of amides is 2. The summed E-state index contributed by atoms with van der Waals surface area (Å²) in [6.45, 7) is 3.51. The molecule has 1 N–H and O–H groups in total. The average molecular weight is 530 g/mol. The van der Waals surface area contributed by atoms with Gasteiger partial charge in [0.25, 0.3) is 0 Å². The smallest absolute Gasteiger partial charge is 0.242 e. The number of fused-ring (bicyclic) bond motifs is 1. The molecule has 7 heteroatoms. The first-order valence-corrected chi connectivity index (χ1v) is 13.4. The van der Waals surface area contributed by atoms with E-state index in [9.17, 15) is 14.0 Å². The van der Waals surface area contributed by atoms with Gasteiger partial charge in [0.2, 0.25) is 11.8 Å². The fourth-order valence-electron chi connectivity index (χ4n) is 4.63. The minimum absolute atomic E-state index is 0.00404. The molecule has 2 amide bonds. The van der Waals surface area contributed by atoms with Crippen molar-refractivity contribution in [3.05, 3.63) is 102 Å². The molecule has 0 atom stereocenters. The first kappa shape index (κ1) is 27.9. The number of aromatic amines is 1. The highest BCUT2D eigenvalue weighted by molar-refractivity contribution is 5.86. The van der Waals surface area contributed by atoms with Crippen LogP contribution in [-0.4, -0.2) is 53.3 Å². The first-order valence-electron chi connectivity index (χ1n) is 13.4. The number of hydrogen-bond donors (Lipinski definition) is 1. The van der Waals surface area contributed by atoms with Gasteiger partial charge in [-0.05, 0) is 59.9 Å². The van der Waals surface area contributed by atoms with E-state index in [2.05, 4.69) is 18.0 Å². The van der Waals surface area contributed by atoms with Crippen LogP contribution in [0.4, 0.5) is 4.39 Å². The highest BCUT2D eigenvalue weighted by Gasteiger charge is 2.22. The number of para-hydroxylation sites is 1. The van der Waals surface area contributed by atoms with Crippen molar-refractivity contribution < 1.29 is 18.7 Å². The minimum Gasteiger partial charge on any atom is -0.497 e. The van der Waals surface area contributed by atoms with E-state index in [0.29, 0.717) is 26.1 Å². The van der Waals surface area contributed by atoms with Crippen LogP contribution in [-0.2, 0) is 29.0 Å². The second-order valence-electron chi connectivity index (χ2n) is 9.74. The summed E-state index contributed by atoms with van der Waals surface area (Å²) in [6.07, 6.45) is 4.52. The van der Waals surface area contributed by atoms with Crippen LogP contribution in [0, 0.1) is 5.82 Å². The number of nitrogens with zero attached hydrogens (tertiary/aromatic N) is 2. The second-order valence-corrected chi connectivity index (χ2v) is 9.74. The lowest BCUT2D eigenvalue weighted by molar-refractivity contribution is -0.140. The molecule has 0 spiro atoms. The van der Waals surface area contributed by atoms with Gasteiger partial charge in [-0.2, -0.15) is 0 Å². The van der Waals surface area contributed by atoms with Crippen molar-refractivity contribution in [3.63, 3.8) is 0 Å². The summed E-state index contributed by atoms with van der Waals surface area (Å²) in [5.41, 5.74) is 3.93. The summed E-state index contributed by atoms with van der Waals surface area (Å²) in [5, 5.41) is 1.15. The van der Waals surface area contributed by atoms with Crippen LogP contribution in [0.5, 0.6) is 5.75 Å². The summed E-state index contributed by atoms with van der Waals surface area (Å²) >= 11 is 0. The van der Waals surface area contributed by atoms with E-state index in [1.54, 1.807) is 24.1 Å². The maximum Gasteiger partial charge on any atom is 0.242 e. The number of carbonyl (C=O) groups excluding carboxylic acids is 2. The normalized spacial score (nSPS) is 10.9. The molecular formula is C32H36FN3O3.